The zero-order chi connectivity index (χ0) is 15.6. The highest BCUT2D eigenvalue weighted by Crippen LogP contribution is 2.29. The first-order valence-corrected chi connectivity index (χ1v) is 7.94. The van der Waals surface area contributed by atoms with Crippen molar-refractivity contribution in [3.05, 3.63) is 28.3 Å². The van der Waals surface area contributed by atoms with Crippen LogP contribution in [0.25, 0.3) is 0 Å². The van der Waals surface area contributed by atoms with Crippen molar-refractivity contribution < 1.29 is 18.4 Å². The van der Waals surface area contributed by atoms with Crippen molar-refractivity contribution in [1.29, 1.82) is 0 Å². The van der Waals surface area contributed by atoms with Crippen LogP contribution in [0.4, 0.5) is 11.4 Å². The molecule has 1 heterocycles. The van der Waals surface area contributed by atoms with E-state index in [9.17, 15) is 23.6 Å². The van der Waals surface area contributed by atoms with Crippen molar-refractivity contribution in [2.45, 2.75) is 23.8 Å². The minimum Gasteiger partial charge on any atom is -0.393 e. The molecule has 8 nitrogen and oxygen atoms in total. The summed E-state index contributed by atoms with van der Waals surface area (Å²) in [7, 11) is -2.22. The molecule has 1 aromatic rings. The third-order valence-electron chi connectivity index (χ3n) is 3.48. The summed E-state index contributed by atoms with van der Waals surface area (Å²) in [4.78, 5) is 10.2. The normalized spacial score (nSPS) is 17.6. The highest BCUT2D eigenvalue weighted by molar-refractivity contribution is 7.89. The van der Waals surface area contributed by atoms with Crippen molar-refractivity contribution in [3.63, 3.8) is 0 Å². The maximum atomic E-state index is 12.6. The van der Waals surface area contributed by atoms with Crippen LogP contribution in [0.3, 0.4) is 0 Å². The fourth-order valence-corrected chi connectivity index (χ4v) is 3.92. The molecule has 0 atom stereocenters. The summed E-state index contributed by atoms with van der Waals surface area (Å²) in [5, 5.41) is 22.9. The molecule has 2 N–H and O–H groups in total. The van der Waals surface area contributed by atoms with E-state index in [0.29, 0.717) is 12.8 Å². The van der Waals surface area contributed by atoms with E-state index in [4.69, 9.17) is 0 Å². The summed E-state index contributed by atoms with van der Waals surface area (Å²) in [5.74, 6) is 0. The van der Waals surface area contributed by atoms with Gasteiger partial charge >= 0.3 is 0 Å². The topological polar surface area (TPSA) is 113 Å². The third kappa shape index (κ3) is 3.14. The van der Waals surface area contributed by atoms with Crippen LogP contribution >= 0.6 is 0 Å². The van der Waals surface area contributed by atoms with Gasteiger partial charge in [0, 0.05) is 32.3 Å². The summed E-state index contributed by atoms with van der Waals surface area (Å²) < 4.78 is 26.5. The molecule has 116 valence electrons. The lowest BCUT2D eigenvalue weighted by Gasteiger charge is -2.29. The number of nitro benzene ring substituents is 1. The van der Waals surface area contributed by atoms with Gasteiger partial charge in [0.1, 0.15) is 4.90 Å². The summed E-state index contributed by atoms with van der Waals surface area (Å²) >= 11 is 0. The molecule has 1 saturated heterocycles. The Morgan fingerprint density at radius 3 is 2.52 bits per heavy atom. The highest BCUT2D eigenvalue weighted by Gasteiger charge is 2.31. The van der Waals surface area contributed by atoms with Crippen LogP contribution in [0.5, 0.6) is 0 Å². The number of nitrogens with one attached hydrogen (secondary N) is 1. The fraction of sp³-hybridized carbons (Fsp3) is 0.500. The number of hydrogen-bond donors (Lipinski definition) is 2. The number of piperidine rings is 1. The molecule has 0 aliphatic carbocycles. The van der Waals surface area contributed by atoms with Crippen molar-refractivity contribution >= 4 is 21.4 Å². The predicted molar refractivity (Wildman–Crippen MR) is 76.6 cm³/mol. The molecule has 1 aromatic carbocycles. The van der Waals surface area contributed by atoms with E-state index in [2.05, 4.69) is 5.32 Å². The zero-order valence-electron chi connectivity index (χ0n) is 11.5. The second-order valence-corrected chi connectivity index (χ2v) is 6.73. The fourth-order valence-electron chi connectivity index (χ4n) is 2.27. The second-order valence-electron chi connectivity index (χ2n) is 4.82. The summed E-state index contributed by atoms with van der Waals surface area (Å²) in [6, 6.07) is 3.61. The Balaban J connectivity index is 2.38. The van der Waals surface area contributed by atoms with Gasteiger partial charge in [-0.1, -0.05) is 0 Å². The first-order valence-electron chi connectivity index (χ1n) is 6.50. The molecule has 0 radical (unpaired) electrons. The number of nitro groups is 1. The van der Waals surface area contributed by atoms with Crippen LogP contribution in [0.15, 0.2) is 23.1 Å². The van der Waals surface area contributed by atoms with Gasteiger partial charge in [-0.15, -0.1) is 0 Å². The van der Waals surface area contributed by atoms with Crippen LogP contribution in [0.2, 0.25) is 0 Å². The maximum absolute atomic E-state index is 12.6. The lowest BCUT2D eigenvalue weighted by molar-refractivity contribution is -0.384. The molecule has 1 fully saturated rings. The Kier molecular flexibility index (Phi) is 4.45. The Morgan fingerprint density at radius 1 is 1.38 bits per heavy atom. The molecule has 0 saturated carbocycles. The smallest absolute Gasteiger partial charge is 0.271 e. The van der Waals surface area contributed by atoms with E-state index in [1.807, 2.05) is 0 Å². The van der Waals surface area contributed by atoms with Crippen molar-refractivity contribution in [1.82, 2.24) is 4.31 Å². The molecule has 2 rings (SSSR count). The Hall–Kier alpha value is -1.71. The summed E-state index contributed by atoms with van der Waals surface area (Å²) in [6.07, 6.45) is 0.305. The van der Waals surface area contributed by atoms with Gasteiger partial charge in [-0.25, -0.2) is 8.42 Å². The van der Waals surface area contributed by atoms with Gasteiger partial charge in [-0.2, -0.15) is 4.31 Å². The molecule has 9 heteroatoms. The monoisotopic (exact) mass is 315 g/mol. The average molecular weight is 315 g/mol. The number of aliphatic hydroxyl groups excluding tert-OH is 1. The molecule has 0 bridgehead atoms. The van der Waals surface area contributed by atoms with E-state index in [-0.39, 0.29) is 29.4 Å². The quantitative estimate of drug-likeness (QED) is 0.627. The van der Waals surface area contributed by atoms with Gasteiger partial charge in [-0.05, 0) is 18.9 Å². The van der Waals surface area contributed by atoms with Gasteiger partial charge in [0.2, 0.25) is 10.0 Å². The molecule has 0 unspecified atom stereocenters. The molecule has 1 aliphatic heterocycles. The molecule has 0 aromatic heterocycles. The van der Waals surface area contributed by atoms with Gasteiger partial charge in [0.25, 0.3) is 5.69 Å². The average Bonchev–Trinajstić information content (AvgIpc) is 2.46. The first kappa shape index (κ1) is 15.7. The summed E-state index contributed by atoms with van der Waals surface area (Å²) in [6.45, 7) is 0.479. The van der Waals surface area contributed by atoms with Crippen molar-refractivity contribution in [2.75, 3.05) is 25.5 Å². The lowest BCUT2D eigenvalue weighted by atomic mass is 10.1. The molecular weight excluding hydrogens is 298 g/mol. The number of benzene rings is 1. The Morgan fingerprint density at radius 2 is 2.00 bits per heavy atom. The SMILES string of the molecule is CNc1cc([N+](=O)[O-])ccc1S(=O)(=O)N1CCC(O)CC1. The molecular formula is C12H17N3O5S. The van der Waals surface area contributed by atoms with Gasteiger partial charge in [0.05, 0.1) is 16.7 Å². The number of sulfonamides is 1. The minimum absolute atomic E-state index is 0.00647. The van der Waals surface area contributed by atoms with Crippen LogP contribution in [-0.4, -0.2) is 49.0 Å². The standard InChI is InChI=1S/C12H17N3O5S/c1-13-11-8-9(15(17)18)2-3-12(11)21(19,20)14-6-4-10(16)5-7-14/h2-3,8,10,13,16H,4-7H2,1H3. The number of rotatable bonds is 4. The highest BCUT2D eigenvalue weighted by atomic mass is 32.2. The van der Waals surface area contributed by atoms with Gasteiger partial charge in [-0.3, -0.25) is 10.1 Å². The number of anilines is 1. The Labute approximate surface area is 122 Å². The van der Waals surface area contributed by atoms with Gasteiger partial charge in [0.15, 0.2) is 0 Å². The Bertz CT molecular complexity index is 638. The minimum atomic E-state index is -3.73. The number of non-ortho nitro benzene ring substituents is 1. The van der Waals surface area contributed by atoms with Crippen LogP contribution in [0, 0.1) is 10.1 Å². The van der Waals surface area contributed by atoms with E-state index in [0.717, 1.165) is 0 Å². The number of aliphatic hydroxyl groups is 1. The number of nitrogens with zero attached hydrogens (tertiary/aromatic N) is 2. The van der Waals surface area contributed by atoms with Crippen molar-refractivity contribution in [2.24, 2.45) is 0 Å². The van der Waals surface area contributed by atoms with E-state index in [1.165, 1.54) is 29.6 Å². The molecule has 21 heavy (non-hydrogen) atoms. The van der Waals surface area contributed by atoms with Gasteiger partial charge < -0.3 is 10.4 Å². The summed E-state index contributed by atoms with van der Waals surface area (Å²) in [5.41, 5.74) is 0.0164. The van der Waals surface area contributed by atoms with Crippen LogP contribution < -0.4 is 5.32 Å². The largest absolute Gasteiger partial charge is 0.393 e. The maximum Gasteiger partial charge on any atom is 0.271 e. The lowest BCUT2D eigenvalue weighted by Crippen LogP contribution is -2.40. The number of hydrogen-bond acceptors (Lipinski definition) is 6. The molecule has 0 spiro atoms. The van der Waals surface area contributed by atoms with Crippen LogP contribution in [0.1, 0.15) is 12.8 Å². The first-order chi connectivity index (χ1) is 9.86. The molecule has 1 aliphatic rings. The third-order valence-corrected chi connectivity index (χ3v) is 5.44. The van der Waals surface area contributed by atoms with Crippen molar-refractivity contribution in [3.8, 4) is 0 Å². The molecule has 0 amide bonds. The predicted octanol–water partition coefficient (Wildman–Crippen LogP) is 0.782. The van der Waals surface area contributed by atoms with E-state index < -0.39 is 21.1 Å². The zero-order valence-corrected chi connectivity index (χ0v) is 12.3. The van der Waals surface area contributed by atoms with E-state index >= 15 is 0 Å². The second kappa shape index (κ2) is 5.96. The van der Waals surface area contributed by atoms with Crippen LogP contribution in [-0.2, 0) is 10.0 Å². The van der Waals surface area contributed by atoms with E-state index in [1.54, 1.807) is 0 Å².